The van der Waals surface area contributed by atoms with Gasteiger partial charge in [0.25, 0.3) is 0 Å². The Morgan fingerprint density at radius 2 is 2.06 bits per heavy atom. The molecule has 2 aromatic carbocycles. The Kier molecular flexibility index (Phi) is 7.37. The van der Waals surface area contributed by atoms with Gasteiger partial charge in [0.05, 0.1) is 0 Å². The van der Waals surface area contributed by atoms with Crippen LogP contribution in [0.5, 0.6) is 0 Å². The zero-order chi connectivity index (χ0) is 12.3. The normalized spacial score (nSPS) is 11.5. The van der Waals surface area contributed by atoms with Gasteiger partial charge in [-0.2, -0.15) is 23.6 Å². The maximum atomic E-state index is 2.99. The van der Waals surface area contributed by atoms with Crippen LogP contribution in [0.4, 0.5) is 0 Å². The Morgan fingerprint density at radius 1 is 1.29 bits per heavy atom. The van der Waals surface area contributed by atoms with E-state index in [4.69, 9.17) is 0 Å². The molecule has 84 valence electrons. The zero-order valence-electron chi connectivity index (χ0n) is 10.1. The van der Waals surface area contributed by atoms with Crippen molar-refractivity contribution in [2.75, 3.05) is 0 Å². The van der Waals surface area contributed by atoms with E-state index in [2.05, 4.69) is 54.6 Å². The molecule has 0 amide bonds. The summed E-state index contributed by atoms with van der Waals surface area (Å²) in [5.74, 6) is 0. The molecule has 0 unspecified atom stereocenters. The van der Waals surface area contributed by atoms with E-state index in [1.165, 1.54) is 10.8 Å². The van der Waals surface area contributed by atoms with Crippen molar-refractivity contribution in [2.45, 2.75) is 13.3 Å². The van der Waals surface area contributed by atoms with Crippen molar-refractivity contribution in [3.8, 4) is 0 Å². The molecule has 2 aromatic rings. The fraction of sp³-hybridized carbons (Fsp3) is 0.125. The minimum Gasteiger partial charge on any atom is -0.273 e. The molecule has 0 heterocycles. The van der Waals surface area contributed by atoms with Gasteiger partial charge in [0.1, 0.15) is 0 Å². The van der Waals surface area contributed by atoms with Crippen LogP contribution in [-0.2, 0) is 20.0 Å². The Morgan fingerprint density at radius 3 is 2.59 bits per heavy atom. The van der Waals surface area contributed by atoms with E-state index >= 15 is 0 Å². The van der Waals surface area contributed by atoms with E-state index in [1.807, 2.05) is 43.4 Å². The zero-order valence-corrected chi connectivity index (χ0v) is 11.6. The van der Waals surface area contributed by atoms with Gasteiger partial charge < -0.3 is 0 Å². The SMILES string of the molecule is C[CH]=[Ti+2].[C-]1=CC=CC1.c1ccc2[cH-]ccc2c1. The maximum absolute atomic E-state index is 2.99. The van der Waals surface area contributed by atoms with Crippen LogP contribution >= 0.6 is 0 Å². The van der Waals surface area contributed by atoms with Crippen molar-refractivity contribution >= 4 is 15.1 Å². The van der Waals surface area contributed by atoms with Crippen LogP contribution in [0.15, 0.2) is 60.7 Å². The van der Waals surface area contributed by atoms with Gasteiger partial charge in [0.2, 0.25) is 0 Å². The van der Waals surface area contributed by atoms with Gasteiger partial charge in [-0.25, -0.2) is 12.2 Å². The van der Waals surface area contributed by atoms with Gasteiger partial charge in [-0.1, -0.05) is 6.07 Å². The monoisotopic (exact) mass is 256 g/mol. The van der Waals surface area contributed by atoms with E-state index in [1.54, 1.807) is 0 Å². The number of hydrogen-bond donors (Lipinski definition) is 0. The summed E-state index contributed by atoms with van der Waals surface area (Å²) >= 11 is 2.00. The van der Waals surface area contributed by atoms with Crippen molar-refractivity contribution < 1.29 is 20.0 Å². The second-order valence-electron chi connectivity index (χ2n) is 3.45. The van der Waals surface area contributed by atoms with Gasteiger partial charge in [-0.3, -0.25) is 6.08 Å². The maximum Gasteiger partial charge on any atom is -0.0809 e. The Bertz CT molecular complexity index is 449. The molecule has 17 heavy (non-hydrogen) atoms. The Balaban J connectivity index is 0.000000154. The summed E-state index contributed by atoms with van der Waals surface area (Å²) in [7, 11) is 0. The summed E-state index contributed by atoms with van der Waals surface area (Å²) in [6, 6.07) is 14.7. The minimum absolute atomic E-state index is 1.01. The van der Waals surface area contributed by atoms with Crippen LogP contribution in [0.25, 0.3) is 10.8 Å². The summed E-state index contributed by atoms with van der Waals surface area (Å²) in [5, 5.41) is 2.66. The van der Waals surface area contributed by atoms with Crippen LogP contribution in [0.2, 0.25) is 0 Å². The summed E-state index contributed by atoms with van der Waals surface area (Å²) < 4.78 is 2.00. The van der Waals surface area contributed by atoms with Crippen LogP contribution in [0.3, 0.4) is 0 Å². The van der Waals surface area contributed by atoms with Crippen LogP contribution < -0.4 is 0 Å². The first-order chi connectivity index (χ1) is 8.38. The van der Waals surface area contributed by atoms with Crippen molar-refractivity contribution in [3.63, 3.8) is 0 Å². The number of benzene rings is 1. The van der Waals surface area contributed by atoms with Gasteiger partial charge in [-0.05, 0) is 0 Å². The predicted molar refractivity (Wildman–Crippen MR) is 72.8 cm³/mol. The minimum atomic E-state index is 1.01. The van der Waals surface area contributed by atoms with Crippen LogP contribution in [0.1, 0.15) is 13.3 Å². The molecule has 0 saturated carbocycles. The molecule has 0 aliphatic heterocycles. The van der Waals surface area contributed by atoms with Crippen LogP contribution in [0, 0.1) is 6.08 Å². The first-order valence-corrected chi connectivity index (χ1v) is 6.56. The molecule has 0 radical (unpaired) electrons. The average molecular weight is 256 g/mol. The summed E-state index contributed by atoms with van der Waals surface area (Å²) in [6.07, 6.45) is 10.0. The fourth-order valence-corrected chi connectivity index (χ4v) is 1.41. The van der Waals surface area contributed by atoms with Crippen LogP contribution in [-0.4, -0.2) is 4.31 Å². The third-order valence-electron chi connectivity index (χ3n) is 2.13. The quantitative estimate of drug-likeness (QED) is 0.489. The van der Waals surface area contributed by atoms with Gasteiger partial charge in [-0.15, -0.1) is 36.1 Å². The number of fused-ring (bicyclic) bond motifs is 1. The van der Waals surface area contributed by atoms with E-state index in [0.717, 1.165) is 6.42 Å². The molecular formula is C16H16Ti. The largest absolute Gasteiger partial charge is 0.273 e. The molecular weight excluding hydrogens is 240 g/mol. The smallest absolute Gasteiger partial charge is 0.0809 e. The third-order valence-corrected chi connectivity index (χ3v) is 2.13. The molecule has 0 spiro atoms. The van der Waals surface area contributed by atoms with Gasteiger partial charge in [0, 0.05) is 0 Å². The van der Waals surface area contributed by atoms with E-state index in [0.29, 0.717) is 0 Å². The van der Waals surface area contributed by atoms with Crippen molar-refractivity contribution in [1.82, 2.24) is 0 Å². The molecule has 0 fully saturated rings. The third kappa shape index (κ3) is 5.67. The molecule has 0 bridgehead atoms. The molecule has 0 saturated heterocycles. The molecule has 3 rings (SSSR count). The van der Waals surface area contributed by atoms with E-state index in [9.17, 15) is 0 Å². The van der Waals surface area contributed by atoms with E-state index < -0.39 is 0 Å². The molecule has 0 aromatic heterocycles. The summed E-state index contributed by atoms with van der Waals surface area (Å²) in [5.41, 5.74) is 0. The standard InChI is InChI=1S/C9H7.C5H5.C2H4.Ti/c1-2-5-9-7-3-6-8(9)4-1;1-2-4-5-3-1;1-2;/h1-7H;1-3H,4H2;1H,2H3;/q2*-1;;+2. The molecule has 0 N–H and O–H groups in total. The molecule has 0 atom stereocenters. The summed E-state index contributed by atoms with van der Waals surface area (Å²) in [6.45, 7) is 2.00. The van der Waals surface area contributed by atoms with Crippen molar-refractivity contribution in [2.24, 2.45) is 0 Å². The molecule has 1 heteroatoms. The number of hydrogen-bond acceptors (Lipinski definition) is 0. The number of rotatable bonds is 0. The van der Waals surface area contributed by atoms with Gasteiger partial charge in [0.15, 0.2) is 0 Å². The Labute approximate surface area is 115 Å². The fourth-order valence-electron chi connectivity index (χ4n) is 1.41. The van der Waals surface area contributed by atoms with Gasteiger partial charge >= 0.3 is 31.2 Å². The van der Waals surface area contributed by atoms with Crippen molar-refractivity contribution in [3.05, 3.63) is 66.8 Å². The second kappa shape index (κ2) is 8.98. The van der Waals surface area contributed by atoms with Crippen molar-refractivity contribution in [1.29, 1.82) is 0 Å². The molecule has 1 aliphatic rings. The molecule has 1 aliphatic carbocycles. The number of allylic oxidation sites excluding steroid dienone is 4. The van der Waals surface area contributed by atoms with E-state index in [-0.39, 0.29) is 0 Å². The predicted octanol–water partition coefficient (Wildman–Crippen LogP) is 4.22. The second-order valence-corrected chi connectivity index (χ2v) is 4.35. The first-order valence-electron chi connectivity index (χ1n) is 5.65. The Hall–Kier alpha value is -1.11. The molecule has 0 nitrogen and oxygen atoms in total. The first kappa shape index (κ1) is 14.0. The topological polar surface area (TPSA) is 0 Å². The summed E-state index contributed by atoms with van der Waals surface area (Å²) in [4.78, 5) is 0. The average Bonchev–Trinajstić information content (AvgIpc) is 3.05.